The summed E-state index contributed by atoms with van der Waals surface area (Å²) < 4.78 is 23.7. The summed E-state index contributed by atoms with van der Waals surface area (Å²) in [6.07, 6.45) is 5.65. The standard InChI is InChI=1S/C19H24N4O3S/c20-11-14-1-4-18(21-12-14)22-8-5-15(6-9-22)19(24)23(16-2-3-16)17-7-10-27(25,26)13-17/h1,4,12,15-17H,2-3,5-10,13H2. The Bertz CT molecular complexity index is 850. The van der Waals surface area contributed by atoms with Gasteiger partial charge in [0.2, 0.25) is 5.91 Å². The maximum absolute atomic E-state index is 13.2. The third-order valence-electron chi connectivity index (χ3n) is 5.84. The van der Waals surface area contributed by atoms with Crippen molar-refractivity contribution in [1.29, 1.82) is 5.26 Å². The molecule has 1 aromatic heterocycles. The second-order valence-electron chi connectivity index (χ2n) is 7.81. The molecule has 1 atom stereocenters. The number of nitriles is 1. The van der Waals surface area contributed by atoms with Gasteiger partial charge in [-0.3, -0.25) is 4.79 Å². The van der Waals surface area contributed by atoms with Gasteiger partial charge in [0.25, 0.3) is 0 Å². The molecule has 3 aliphatic rings. The lowest BCUT2D eigenvalue weighted by molar-refractivity contribution is -0.138. The largest absolute Gasteiger partial charge is 0.357 e. The minimum atomic E-state index is -2.99. The van der Waals surface area contributed by atoms with Gasteiger partial charge in [-0.15, -0.1) is 0 Å². The van der Waals surface area contributed by atoms with Crippen LogP contribution in [0.2, 0.25) is 0 Å². The van der Waals surface area contributed by atoms with Crippen LogP contribution in [-0.4, -0.2) is 60.9 Å². The lowest BCUT2D eigenvalue weighted by Gasteiger charge is -2.37. The third-order valence-corrected chi connectivity index (χ3v) is 7.59. The fraction of sp³-hybridized carbons (Fsp3) is 0.632. The molecule has 2 saturated heterocycles. The van der Waals surface area contributed by atoms with Gasteiger partial charge in [-0.1, -0.05) is 0 Å². The Balaban J connectivity index is 1.39. The molecule has 7 nitrogen and oxygen atoms in total. The number of pyridine rings is 1. The fourth-order valence-corrected chi connectivity index (χ4v) is 5.92. The first-order chi connectivity index (χ1) is 13.0. The number of sulfone groups is 1. The van der Waals surface area contributed by atoms with Gasteiger partial charge in [0, 0.05) is 37.3 Å². The highest BCUT2D eigenvalue weighted by molar-refractivity contribution is 7.91. The van der Waals surface area contributed by atoms with E-state index in [0.29, 0.717) is 12.0 Å². The second-order valence-corrected chi connectivity index (χ2v) is 10.0. The Hall–Kier alpha value is -2.14. The van der Waals surface area contributed by atoms with Crippen molar-refractivity contribution in [3.63, 3.8) is 0 Å². The number of piperidine rings is 1. The van der Waals surface area contributed by atoms with Crippen LogP contribution in [0, 0.1) is 17.2 Å². The van der Waals surface area contributed by atoms with Crippen LogP contribution in [0.25, 0.3) is 0 Å². The zero-order valence-corrected chi connectivity index (χ0v) is 16.1. The van der Waals surface area contributed by atoms with Gasteiger partial charge in [-0.2, -0.15) is 5.26 Å². The smallest absolute Gasteiger partial charge is 0.226 e. The third kappa shape index (κ3) is 3.93. The lowest BCUT2D eigenvalue weighted by atomic mass is 9.94. The molecule has 1 saturated carbocycles. The van der Waals surface area contributed by atoms with Gasteiger partial charge in [0.15, 0.2) is 9.84 Å². The molecule has 3 fully saturated rings. The highest BCUT2D eigenvalue weighted by Gasteiger charge is 2.44. The molecule has 0 radical (unpaired) electrons. The summed E-state index contributed by atoms with van der Waals surface area (Å²) in [6, 6.07) is 5.79. The van der Waals surface area contributed by atoms with Crippen LogP contribution in [0.15, 0.2) is 18.3 Å². The van der Waals surface area contributed by atoms with Gasteiger partial charge in [0.1, 0.15) is 11.9 Å². The molecule has 3 heterocycles. The Labute approximate surface area is 159 Å². The maximum Gasteiger partial charge on any atom is 0.226 e. The van der Waals surface area contributed by atoms with E-state index in [1.54, 1.807) is 12.3 Å². The minimum Gasteiger partial charge on any atom is -0.357 e. The zero-order valence-electron chi connectivity index (χ0n) is 15.2. The summed E-state index contributed by atoms with van der Waals surface area (Å²) in [5.74, 6) is 1.27. The molecule has 144 valence electrons. The molecule has 4 rings (SSSR count). The number of hydrogen-bond donors (Lipinski definition) is 0. The molecule has 8 heteroatoms. The average Bonchev–Trinajstić information content (AvgIpc) is 3.45. The molecule has 0 spiro atoms. The number of anilines is 1. The first-order valence-electron chi connectivity index (χ1n) is 9.60. The Morgan fingerprint density at radius 3 is 2.41 bits per heavy atom. The van der Waals surface area contributed by atoms with Crippen LogP contribution in [-0.2, 0) is 14.6 Å². The number of amides is 1. The predicted molar refractivity (Wildman–Crippen MR) is 101 cm³/mol. The molecule has 0 bridgehead atoms. The average molecular weight is 388 g/mol. The number of rotatable bonds is 4. The van der Waals surface area contributed by atoms with E-state index in [1.165, 1.54) is 0 Å². The van der Waals surface area contributed by atoms with Crippen molar-refractivity contribution in [3.8, 4) is 6.07 Å². The first kappa shape index (κ1) is 18.2. The molecule has 2 aliphatic heterocycles. The first-order valence-corrected chi connectivity index (χ1v) is 11.4. The summed E-state index contributed by atoms with van der Waals surface area (Å²) in [4.78, 5) is 21.6. The topological polar surface area (TPSA) is 94.4 Å². The van der Waals surface area contributed by atoms with E-state index in [4.69, 9.17) is 5.26 Å². The van der Waals surface area contributed by atoms with Crippen molar-refractivity contribution in [2.75, 3.05) is 29.5 Å². The quantitative estimate of drug-likeness (QED) is 0.773. The van der Waals surface area contributed by atoms with Crippen molar-refractivity contribution >= 4 is 21.6 Å². The van der Waals surface area contributed by atoms with E-state index in [9.17, 15) is 13.2 Å². The second kappa shape index (κ2) is 7.12. The zero-order chi connectivity index (χ0) is 19.0. The maximum atomic E-state index is 13.2. The van der Waals surface area contributed by atoms with E-state index in [2.05, 4.69) is 16.0 Å². The van der Waals surface area contributed by atoms with Gasteiger partial charge in [-0.05, 0) is 44.2 Å². The normalized spacial score (nSPS) is 25.1. The van der Waals surface area contributed by atoms with Crippen molar-refractivity contribution < 1.29 is 13.2 Å². The van der Waals surface area contributed by atoms with Crippen LogP contribution in [0.1, 0.15) is 37.7 Å². The van der Waals surface area contributed by atoms with Gasteiger partial charge < -0.3 is 9.80 Å². The van der Waals surface area contributed by atoms with Crippen molar-refractivity contribution in [2.24, 2.45) is 5.92 Å². The monoisotopic (exact) mass is 388 g/mol. The van der Waals surface area contributed by atoms with E-state index in [1.807, 2.05) is 11.0 Å². The Morgan fingerprint density at radius 1 is 1.15 bits per heavy atom. The van der Waals surface area contributed by atoms with Crippen LogP contribution in [0.5, 0.6) is 0 Å². The van der Waals surface area contributed by atoms with Gasteiger partial charge in [0.05, 0.1) is 17.1 Å². The van der Waals surface area contributed by atoms with Crippen LogP contribution in [0.4, 0.5) is 5.82 Å². The molecule has 0 aromatic carbocycles. The SMILES string of the molecule is N#Cc1ccc(N2CCC(C(=O)N(C3CC3)C3CCS(=O)(=O)C3)CC2)nc1. The molecule has 1 aromatic rings. The fourth-order valence-electron chi connectivity index (χ4n) is 4.21. The number of aromatic nitrogens is 1. The highest BCUT2D eigenvalue weighted by atomic mass is 32.2. The number of hydrogen-bond acceptors (Lipinski definition) is 6. The van der Waals surface area contributed by atoms with Gasteiger partial charge in [-0.25, -0.2) is 13.4 Å². The summed E-state index contributed by atoms with van der Waals surface area (Å²) in [5.41, 5.74) is 0.537. The molecule has 1 amide bonds. The van der Waals surface area contributed by atoms with Crippen LogP contribution in [0.3, 0.4) is 0 Å². The molecular formula is C19H24N4O3S. The number of nitrogens with zero attached hydrogens (tertiary/aromatic N) is 4. The van der Waals surface area contributed by atoms with E-state index < -0.39 is 9.84 Å². The van der Waals surface area contributed by atoms with Crippen molar-refractivity contribution in [3.05, 3.63) is 23.9 Å². The summed E-state index contributed by atoms with van der Waals surface area (Å²) in [5, 5.41) is 8.88. The predicted octanol–water partition coefficient (Wildman–Crippen LogP) is 1.35. The molecule has 1 unspecified atom stereocenters. The lowest BCUT2D eigenvalue weighted by Crippen LogP contribution is -2.48. The summed E-state index contributed by atoms with van der Waals surface area (Å²) in [6.45, 7) is 1.49. The van der Waals surface area contributed by atoms with Crippen LogP contribution >= 0.6 is 0 Å². The van der Waals surface area contributed by atoms with E-state index in [0.717, 1.165) is 44.6 Å². The van der Waals surface area contributed by atoms with Crippen LogP contribution < -0.4 is 4.90 Å². The minimum absolute atomic E-state index is 0.0384. The molecule has 1 aliphatic carbocycles. The summed E-state index contributed by atoms with van der Waals surface area (Å²) in [7, 11) is -2.99. The number of carbonyl (C=O) groups is 1. The van der Waals surface area contributed by atoms with E-state index in [-0.39, 0.29) is 35.4 Å². The number of carbonyl (C=O) groups excluding carboxylic acids is 1. The molecule has 27 heavy (non-hydrogen) atoms. The Morgan fingerprint density at radius 2 is 1.89 bits per heavy atom. The molecular weight excluding hydrogens is 364 g/mol. The van der Waals surface area contributed by atoms with Gasteiger partial charge >= 0.3 is 0 Å². The Kier molecular flexibility index (Phi) is 4.81. The van der Waals surface area contributed by atoms with Crippen molar-refractivity contribution in [1.82, 2.24) is 9.88 Å². The summed E-state index contributed by atoms with van der Waals surface area (Å²) >= 11 is 0. The molecule has 0 N–H and O–H groups in total. The van der Waals surface area contributed by atoms with Crippen molar-refractivity contribution in [2.45, 2.75) is 44.2 Å². The highest BCUT2D eigenvalue weighted by Crippen LogP contribution is 2.35. The van der Waals surface area contributed by atoms with E-state index >= 15 is 0 Å².